The number of aliphatic hydroxyl groups excluding tert-OH is 1. The maximum Gasteiger partial charge on any atom is 0.336 e. The number of carbonyl (C=O) groups is 1. The standard InChI is InChI=1S/C22H28N2O4/c1-12-4-13(2)22-18(5-12)17(8-21(27)28-22)11-24-9-15-6-19(23-14(3)25)20(26)7-16(15)10-24/h4-5,8,15-16,19-20,26H,6-7,9-11H2,1-3H3,(H,23,25)/t15-,16+,19-,20-/m1/s1. The number of likely N-dealkylation sites (tertiary alicyclic amines) is 1. The van der Waals surface area contributed by atoms with Gasteiger partial charge in [-0.1, -0.05) is 6.07 Å². The van der Waals surface area contributed by atoms with Crippen LogP contribution in [0, 0.1) is 25.7 Å². The molecule has 150 valence electrons. The van der Waals surface area contributed by atoms with Crippen molar-refractivity contribution >= 4 is 16.9 Å². The van der Waals surface area contributed by atoms with E-state index in [9.17, 15) is 14.7 Å². The number of aliphatic hydroxyl groups is 1. The van der Waals surface area contributed by atoms with E-state index in [-0.39, 0.29) is 17.6 Å². The van der Waals surface area contributed by atoms with Crippen molar-refractivity contribution in [2.75, 3.05) is 13.1 Å². The topological polar surface area (TPSA) is 82.8 Å². The first-order chi connectivity index (χ1) is 13.3. The predicted molar refractivity (Wildman–Crippen MR) is 107 cm³/mol. The van der Waals surface area contributed by atoms with Gasteiger partial charge < -0.3 is 14.8 Å². The normalized spacial score (nSPS) is 27.7. The molecule has 4 rings (SSSR count). The van der Waals surface area contributed by atoms with Crippen molar-refractivity contribution in [3.05, 3.63) is 45.3 Å². The lowest BCUT2D eigenvalue weighted by molar-refractivity contribution is -0.121. The number of nitrogens with zero attached hydrogens (tertiary/aromatic N) is 1. The second-order valence-corrected chi connectivity index (χ2v) is 8.61. The molecule has 1 aromatic heterocycles. The van der Waals surface area contributed by atoms with Crippen molar-refractivity contribution in [3.8, 4) is 0 Å². The highest BCUT2D eigenvalue weighted by Crippen LogP contribution is 2.37. The van der Waals surface area contributed by atoms with Gasteiger partial charge in [0.25, 0.3) is 0 Å². The fraction of sp³-hybridized carbons (Fsp3) is 0.545. The highest BCUT2D eigenvalue weighted by molar-refractivity contribution is 5.83. The average Bonchev–Trinajstić information content (AvgIpc) is 2.97. The molecule has 1 aromatic carbocycles. The fourth-order valence-electron chi connectivity index (χ4n) is 5.12. The molecule has 0 bridgehead atoms. The molecule has 1 aliphatic carbocycles. The average molecular weight is 384 g/mol. The maximum atomic E-state index is 12.1. The van der Waals surface area contributed by atoms with Crippen molar-refractivity contribution in [1.82, 2.24) is 10.2 Å². The second kappa shape index (κ2) is 7.33. The summed E-state index contributed by atoms with van der Waals surface area (Å²) in [5.74, 6) is 0.788. The zero-order valence-corrected chi connectivity index (χ0v) is 16.7. The van der Waals surface area contributed by atoms with E-state index in [0.717, 1.165) is 41.6 Å². The van der Waals surface area contributed by atoms with Crippen LogP contribution in [0.15, 0.2) is 27.4 Å². The zero-order chi connectivity index (χ0) is 20.0. The van der Waals surface area contributed by atoms with Gasteiger partial charge in [0.2, 0.25) is 5.91 Å². The lowest BCUT2D eigenvalue weighted by Gasteiger charge is -2.35. The van der Waals surface area contributed by atoms with E-state index in [1.807, 2.05) is 13.0 Å². The molecule has 2 aliphatic rings. The third-order valence-corrected chi connectivity index (χ3v) is 6.26. The maximum absolute atomic E-state index is 12.1. The molecular formula is C22H28N2O4. The van der Waals surface area contributed by atoms with Gasteiger partial charge in [0, 0.05) is 38.0 Å². The Morgan fingerprint density at radius 1 is 1.21 bits per heavy atom. The van der Waals surface area contributed by atoms with E-state index in [2.05, 4.69) is 23.2 Å². The molecular weight excluding hydrogens is 356 g/mol. The molecule has 4 atom stereocenters. The summed E-state index contributed by atoms with van der Waals surface area (Å²) in [6.07, 6.45) is 1.03. The number of hydrogen-bond donors (Lipinski definition) is 2. The number of benzene rings is 1. The summed E-state index contributed by atoms with van der Waals surface area (Å²) in [7, 11) is 0. The minimum absolute atomic E-state index is 0.0921. The van der Waals surface area contributed by atoms with Crippen molar-refractivity contribution in [3.63, 3.8) is 0 Å². The van der Waals surface area contributed by atoms with Crippen LogP contribution >= 0.6 is 0 Å². The number of nitrogens with one attached hydrogen (secondary N) is 1. The minimum atomic E-state index is -0.486. The molecule has 2 heterocycles. The van der Waals surface area contributed by atoms with Gasteiger partial charge in [-0.25, -0.2) is 4.79 Å². The molecule has 0 radical (unpaired) electrons. The van der Waals surface area contributed by atoms with Gasteiger partial charge in [-0.3, -0.25) is 9.69 Å². The molecule has 2 N–H and O–H groups in total. The van der Waals surface area contributed by atoms with E-state index in [1.54, 1.807) is 6.07 Å². The van der Waals surface area contributed by atoms with Crippen LogP contribution in [0.25, 0.3) is 11.0 Å². The molecule has 0 unspecified atom stereocenters. The van der Waals surface area contributed by atoms with Crippen LogP contribution in [0.5, 0.6) is 0 Å². The Morgan fingerprint density at radius 2 is 1.93 bits per heavy atom. The van der Waals surface area contributed by atoms with Gasteiger partial charge >= 0.3 is 5.63 Å². The van der Waals surface area contributed by atoms with Crippen LogP contribution in [0.1, 0.15) is 36.5 Å². The van der Waals surface area contributed by atoms with E-state index in [0.29, 0.717) is 30.4 Å². The third-order valence-electron chi connectivity index (χ3n) is 6.26. The first-order valence-electron chi connectivity index (χ1n) is 10.0. The highest BCUT2D eigenvalue weighted by Gasteiger charge is 2.41. The molecule has 1 amide bonds. The van der Waals surface area contributed by atoms with Crippen LogP contribution in [-0.4, -0.2) is 41.1 Å². The predicted octanol–water partition coefficient (Wildman–Crippen LogP) is 2.12. The largest absolute Gasteiger partial charge is 0.422 e. The van der Waals surface area contributed by atoms with Gasteiger partial charge in [0.15, 0.2) is 0 Å². The van der Waals surface area contributed by atoms with Crippen LogP contribution in [0.4, 0.5) is 0 Å². The van der Waals surface area contributed by atoms with Crippen molar-refractivity contribution in [2.45, 2.75) is 52.3 Å². The Kier molecular flexibility index (Phi) is 5.02. The summed E-state index contributed by atoms with van der Waals surface area (Å²) in [6, 6.07) is 5.56. The van der Waals surface area contributed by atoms with Gasteiger partial charge in [-0.15, -0.1) is 0 Å². The lowest BCUT2D eigenvalue weighted by Crippen LogP contribution is -2.48. The highest BCUT2D eigenvalue weighted by atomic mass is 16.4. The minimum Gasteiger partial charge on any atom is -0.422 e. The first-order valence-corrected chi connectivity index (χ1v) is 10.0. The van der Waals surface area contributed by atoms with Crippen LogP contribution < -0.4 is 10.9 Å². The van der Waals surface area contributed by atoms with Crippen LogP contribution in [0.2, 0.25) is 0 Å². The quantitative estimate of drug-likeness (QED) is 0.792. The molecule has 1 aliphatic heterocycles. The number of hydrogen-bond acceptors (Lipinski definition) is 5. The number of rotatable bonds is 3. The third kappa shape index (κ3) is 3.71. The van der Waals surface area contributed by atoms with Gasteiger partial charge in [-0.05, 0) is 61.3 Å². The van der Waals surface area contributed by atoms with Crippen molar-refractivity contribution in [1.29, 1.82) is 0 Å². The smallest absolute Gasteiger partial charge is 0.336 e. The summed E-state index contributed by atoms with van der Waals surface area (Å²) in [5.41, 5.74) is 3.48. The van der Waals surface area contributed by atoms with E-state index in [4.69, 9.17) is 4.42 Å². The van der Waals surface area contributed by atoms with E-state index >= 15 is 0 Å². The molecule has 2 fully saturated rings. The fourth-order valence-corrected chi connectivity index (χ4v) is 5.12. The molecule has 1 saturated heterocycles. The molecule has 6 heteroatoms. The Bertz CT molecular complexity index is 967. The SMILES string of the molecule is CC(=O)N[C@@H]1C[C@@H]2CN(Cc3cc(=O)oc4c(C)cc(C)cc34)C[C@@H]2C[C@H]1O. The van der Waals surface area contributed by atoms with Crippen LogP contribution in [0.3, 0.4) is 0 Å². The van der Waals surface area contributed by atoms with Crippen molar-refractivity contribution < 1.29 is 14.3 Å². The number of fused-ring (bicyclic) bond motifs is 2. The number of carbonyl (C=O) groups excluding carboxylic acids is 1. The van der Waals surface area contributed by atoms with Gasteiger partial charge in [0.05, 0.1) is 12.1 Å². The zero-order valence-electron chi connectivity index (χ0n) is 16.7. The Balaban J connectivity index is 1.55. The summed E-state index contributed by atoms with van der Waals surface area (Å²) >= 11 is 0. The lowest BCUT2D eigenvalue weighted by atomic mass is 9.77. The Hall–Kier alpha value is -2.18. The second-order valence-electron chi connectivity index (χ2n) is 8.61. The summed E-state index contributed by atoms with van der Waals surface area (Å²) in [5, 5.41) is 14.3. The number of aryl methyl sites for hydroxylation is 2. The molecule has 1 saturated carbocycles. The monoisotopic (exact) mass is 384 g/mol. The molecule has 0 spiro atoms. The summed E-state index contributed by atoms with van der Waals surface area (Å²) in [4.78, 5) is 25.9. The van der Waals surface area contributed by atoms with E-state index in [1.165, 1.54) is 6.92 Å². The van der Waals surface area contributed by atoms with E-state index < -0.39 is 6.10 Å². The van der Waals surface area contributed by atoms with Gasteiger partial charge in [0.1, 0.15) is 5.58 Å². The first kappa shape index (κ1) is 19.2. The van der Waals surface area contributed by atoms with Crippen LogP contribution in [-0.2, 0) is 11.3 Å². The molecule has 2 aromatic rings. The molecule has 6 nitrogen and oxygen atoms in total. The van der Waals surface area contributed by atoms with Crippen molar-refractivity contribution in [2.24, 2.45) is 11.8 Å². The summed E-state index contributed by atoms with van der Waals surface area (Å²) in [6.45, 7) is 8.03. The molecule has 28 heavy (non-hydrogen) atoms. The Labute approximate surface area is 164 Å². The number of amides is 1. The summed E-state index contributed by atoms with van der Waals surface area (Å²) < 4.78 is 5.46. The Morgan fingerprint density at radius 3 is 2.64 bits per heavy atom. The van der Waals surface area contributed by atoms with Gasteiger partial charge in [-0.2, -0.15) is 0 Å².